The number of hydrogen-bond acceptors (Lipinski definition) is 6. The van der Waals surface area contributed by atoms with E-state index in [0.29, 0.717) is 24.3 Å². The van der Waals surface area contributed by atoms with Crippen LogP contribution in [0.3, 0.4) is 0 Å². The van der Waals surface area contributed by atoms with Gasteiger partial charge in [-0.2, -0.15) is 8.42 Å². The Labute approximate surface area is 179 Å². The number of rotatable bonds is 6. The quantitative estimate of drug-likeness (QED) is 0.583. The molecule has 0 radical (unpaired) electrons. The molecule has 2 aliphatic rings. The molecule has 0 aromatic heterocycles. The van der Waals surface area contributed by atoms with Gasteiger partial charge in [0.2, 0.25) is 0 Å². The predicted molar refractivity (Wildman–Crippen MR) is 112 cm³/mol. The van der Waals surface area contributed by atoms with Crippen molar-refractivity contribution >= 4 is 26.9 Å². The number of carboxylic acids is 1. The fourth-order valence-electron chi connectivity index (χ4n) is 4.43. The van der Waals surface area contributed by atoms with Crippen molar-refractivity contribution in [3.05, 3.63) is 66.2 Å². The van der Waals surface area contributed by atoms with Crippen molar-refractivity contribution < 1.29 is 32.0 Å². The Kier molecular flexibility index (Phi) is 4.83. The molecule has 1 aliphatic heterocycles. The van der Waals surface area contributed by atoms with Gasteiger partial charge < -0.3 is 14.6 Å². The van der Waals surface area contributed by atoms with E-state index in [4.69, 9.17) is 18.8 Å². The first kappa shape index (κ1) is 19.8. The zero-order chi connectivity index (χ0) is 21.6. The second-order valence-corrected chi connectivity index (χ2v) is 9.29. The molecule has 3 aromatic rings. The van der Waals surface area contributed by atoms with Gasteiger partial charge >= 0.3 is 5.97 Å². The number of ether oxygens (including phenoxy) is 2. The third-order valence-corrected chi connectivity index (χ3v) is 7.12. The zero-order valence-corrected chi connectivity index (χ0v) is 17.2. The van der Waals surface area contributed by atoms with Crippen molar-refractivity contribution in [2.24, 2.45) is 0 Å². The summed E-state index contributed by atoms with van der Waals surface area (Å²) < 4.78 is 43.1. The average molecular weight is 440 g/mol. The minimum absolute atomic E-state index is 0.118. The number of benzene rings is 3. The van der Waals surface area contributed by atoms with Crippen LogP contribution >= 0.6 is 0 Å². The van der Waals surface area contributed by atoms with Gasteiger partial charge in [-0.25, -0.2) is 4.79 Å². The molecule has 3 unspecified atom stereocenters. The molecule has 0 amide bonds. The molecule has 1 heterocycles. The van der Waals surface area contributed by atoms with E-state index < -0.39 is 28.8 Å². The van der Waals surface area contributed by atoms with Gasteiger partial charge in [0.05, 0.1) is 16.9 Å². The monoisotopic (exact) mass is 440 g/mol. The molecular formula is C23H20O7S. The van der Waals surface area contributed by atoms with Crippen LogP contribution in [0.5, 0.6) is 11.5 Å². The van der Waals surface area contributed by atoms with E-state index >= 15 is 0 Å². The van der Waals surface area contributed by atoms with Gasteiger partial charge in [-0.05, 0) is 41.8 Å². The Balaban J connectivity index is 1.41. The predicted octanol–water partition coefficient (Wildman–Crippen LogP) is 3.72. The summed E-state index contributed by atoms with van der Waals surface area (Å²) in [5, 5.41) is 10.7. The molecule has 5 rings (SSSR count). The van der Waals surface area contributed by atoms with Crippen LogP contribution in [0.1, 0.15) is 24.3 Å². The Morgan fingerprint density at radius 2 is 1.84 bits per heavy atom. The number of fused-ring (bicyclic) bond motifs is 4. The van der Waals surface area contributed by atoms with E-state index in [2.05, 4.69) is 0 Å². The molecule has 0 bridgehead atoms. The maximum absolute atomic E-state index is 13.0. The van der Waals surface area contributed by atoms with Crippen LogP contribution in [0.2, 0.25) is 0 Å². The van der Waals surface area contributed by atoms with Crippen LogP contribution in [0.25, 0.3) is 10.8 Å². The summed E-state index contributed by atoms with van der Waals surface area (Å²) in [5.74, 6) is -0.544. The molecule has 160 valence electrons. The molecule has 0 saturated heterocycles. The van der Waals surface area contributed by atoms with Crippen LogP contribution in [-0.4, -0.2) is 38.3 Å². The number of hydrogen-bond donors (Lipinski definition) is 1. The average Bonchev–Trinajstić information content (AvgIpc) is 3.32. The molecule has 3 aromatic carbocycles. The lowest BCUT2D eigenvalue weighted by molar-refractivity contribution is -0.139. The van der Waals surface area contributed by atoms with Gasteiger partial charge in [-0.15, -0.1) is 0 Å². The SMILES string of the molecule is O=C(O)COc1cccc2c1OC1CCC(OS(=O)(=O)c3ccc4ccccc4c3)C21. The lowest BCUT2D eigenvalue weighted by atomic mass is 9.95. The van der Waals surface area contributed by atoms with E-state index in [0.717, 1.165) is 16.3 Å². The van der Waals surface area contributed by atoms with Crippen LogP contribution in [0.15, 0.2) is 65.6 Å². The lowest BCUT2D eigenvalue weighted by Crippen LogP contribution is -2.24. The molecule has 3 atom stereocenters. The van der Waals surface area contributed by atoms with Crippen molar-refractivity contribution in [1.82, 2.24) is 0 Å². The maximum Gasteiger partial charge on any atom is 0.341 e. The fraction of sp³-hybridized carbons (Fsp3) is 0.261. The van der Waals surface area contributed by atoms with Crippen molar-refractivity contribution in [2.75, 3.05) is 6.61 Å². The topological polar surface area (TPSA) is 99.1 Å². The summed E-state index contributed by atoms with van der Waals surface area (Å²) in [5.41, 5.74) is 0.782. The van der Waals surface area contributed by atoms with Gasteiger partial charge in [0.15, 0.2) is 18.1 Å². The van der Waals surface area contributed by atoms with Crippen LogP contribution in [-0.2, 0) is 19.1 Å². The van der Waals surface area contributed by atoms with E-state index in [1.165, 1.54) is 0 Å². The van der Waals surface area contributed by atoms with Crippen LogP contribution < -0.4 is 9.47 Å². The highest BCUT2D eigenvalue weighted by Gasteiger charge is 2.48. The Hall–Kier alpha value is -3.10. The second kappa shape index (κ2) is 7.55. The first-order valence-corrected chi connectivity index (χ1v) is 11.4. The highest BCUT2D eigenvalue weighted by molar-refractivity contribution is 7.86. The summed E-state index contributed by atoms with van der Waals surface area (Å²) in [4.78, 5) is 11.0. The smallest absolute Gasteiger partial charge is 0.341 e. The molecule has 1 aliphatic carbocycles. The highest BCUT2D eigenvalue weighted by atomic mass is 32.2. The first-order valence-electron chi connectivity index (χ1n) is 9.98. The van der Waals surface area contributed by atoms with Crippen molar-refractivity contribution in [3.63, 3.8) is 0 Å². The van der Waals surface area contributed by atoms with Gasteiger partial charge in [-0.3, -0.25) is 4.18 Å². The van der Waals surface area contributed by atoms with Gasteiger partial charge in [0.25, 0.3) is 10.1 Å². The standard InChI is InChI=1S/C23H20O7S/c24-21(25)13-28-20-7-3-6-17-22-18(29-23(17)20)10-11-19(22)30-31(26,27)16-9-8-14-4-1-2-5-15(14)12-16/h1-9,12,18-19,22H,10-11,13H2,(H,24,25). The van der Waals surface area contributed by atoms with Crippen LogP contribution in [0, 0.1) is 0 Å². The zero-order valence-electron chi connectivity index (χ0n) is 16.4. The molecule has 7 nitrogen and oxygen atoms in total. The number of aliphatic carboxylic acids is 1. The molecule has 1 saturated carbocycles. The molecule has 1 fully saturated rings. The minimum atomic E-state index is -3.97. The maximum atomic E-state index is 13.0. The molecule has 1 N–H and O–H groups in total. The summed E-state index contributed by atoms with van der Waals surface area (Å²) in [6.45, 7) is -0.481. The molecular weight excluding hydrogens is 420 g/mol. The number of carbonyl (C=O) groups is 1. The minimum Gasteiger partial charge on any atom is -0.485 e. The fourth-order valence-corrected chi connectivity index (χ4v) is 5.59. The number of carboxylic acid groups (broad SMARTS) is 1. The van der Waals surface area contributed by atoms with Crippen molar-refractivity contribution in [2.45, 2.75) is 35.9 Å². The third kappa shape index (κ3) is 3.62. The van der Waals surface area contributed by atoms with E-state index in [9.17, 15) is 13.2 Å². The largest absolute Gasteiger partial charge is 0.485 e. The van der Waals surface area contributed by atoms with Gasteiger partial charge in [0, 0.05) is 5.56 Å². The summed E-state index contributed by atoms with van der Waals surface area (Å²) in [6.07, 6.45) is 0.371. The van der Waals surface area contributed by atoms with Crippen molar-refractivity contribution in [3.8, 4) is 11.5 Å². The van der Waals surface area contributed by atoms with Crippen molar-refractivity contribution in [1.29, 1.82) is 0 Å². The third-order valence-electron chi connectivity index (χ3n) is 5.79. The van der Waals surface area contributed by atoms with Gasteiger partial charge in [0.1, 0.15) is 6.10 Å². The second-order valence-electron chi connectivity index (χ2n) is 7.71. The highest BCUT2D eigenvalue weighted by Crippen LogP contribution is 2.52. The van der Waals surface area contributed by atoms with E-state index in [-0.39, 0.29) is 16.9 Å². The summed E-state index contributed by atoms with van der Waals surface area (Å²) >= 11 is 0. The first-order chi connectivity index (χ1) is 14.9. The molecule has 31 heavy (non-hydrogen) atoms. The van der Waals surface area contributed by atoms with E-state index in [1.54, 1.807) is 30.3 Å². The summed E-state index contributed by atoms with van der Waals surface area (Å²) in [6, 6.07) is 17.7. The normalized spacial score (nSPS) is 22.0. The Morgan fingerprint density at radius 1 is 1.03 bits per heavy atom. The van der Waals surface area contributed by atoms with Gasteiger partial charge in [-0.1, -0.05) is 42.5 Å². The molecule has 0 spiro atoms. The Morgan fingerprint density at radius 3 is 2.65 bits per heavy atom. The Bertz CT molecular complexity index is 1270. The van der Waals surface area contributed by atoms with E-state index in [1.807, 2.05) is 30.3 Å². The van der Waals surface area contributed by atoms with Crippen LogP contribution in [0.4, 0.5) is 0 Å². The lowest BCUT2D eigenvalue weighted by Gasteiger charge is -2.18. The summed E-state index contributed by atoms with van der Waals surface area (Å²) in [7, 11) is -3.97. The number of para-hydroxylation sites is 1. The molecule has 8 heteroatoms.